The third-order valence-electron chi connectivity index (χ3n) is 5.24. The molecular weight excluding hydrogens is 375 g/mol. The van der Waals surface area contributed by atoms with Crippen LogP contribution in [0, 0.1) is 0 Å². The van der Waals surface area contributed by atoms with E-state index in [0.717, 1.165) is 25.7 Å². The smallest absolute Gasteiger partial charge is 0.405 e. The minimum atomic E-state index is -4.79. The molecule has 0 spiro atoms. The van der Waals surface area contributed by atoms with Crippen molar-refractivity contribution in [2.45, 2.75) is 69.6 Å². The van der Waals surface area contributed by atoms with E-state index >= 15 is 0 Å². The standard InChI is InChI=1S/C20H22F3NO4/c21-20(22,23)27-17-4-2-1-3-15(17)18-16(19(28-24-18)12-5-6-12)11-26-14-9-7-13(25)8-10-14/h1-4,12-14,25H,5-11H2/t13-,14+. The molecule has 0 unspecified atom stereocenters. The van der Waals surface area contributed by atoms with Crippen molar-refractivity contribution in [3.8, 4) is 17.0 Å². The van der Waals surface area contributed by atoms with Crippen molar-refractivity contribution >= 4 is 0 Å². The van der Waals surface area contributed by atoms with Gasteiger partial charge in [0.25, 0.3) is 0 Å². The van der Waals surface area contributed by atoms with E-state index in [2.05, 4.69) is 9.89 Å². The van der Waals surface area contributed by atoms with Crippen LogP contribution in [0.1, 0.15) is 55.8 Å². The second-order valence-electron chi connectivity index (χ2n) is 7.43. The third-order valence-corrected chi connectivity index (χ3v) is 5.24. The highest BCUT2D eigenvalue weighted by Crippen LogP contribution is 2.45. The normalized spacial score (nSPS) is 23.0. The Bertz CT molecular complexity index is 808. The average Bonchev–Trinajstić information content (AvgIpc) is 3.40. The van der Waals surface area contributed by atoms with E-state index in [1.54, 1.807) is 6.07 Å². The summed E-state index contributed by atoms with van der Waals surface area (Å²) in [5.41, 5.74) is 1.25. The highest BCUT2D eigenvalue weighted by atomic mass is 19.4. The van der Waals surface area contributed by atoms with Gasteiger partial charge in [-0.1, -0.05) is 17.3 Å². The average molecular weight is 397 g/mol. The quantitative estimate of drug-likeness (QED) is 0.748. The summed E-state index contributed by atoms with van der Waals surface area (Å²) in [7, 11) is 0. The van der Waals surface area contributed by atoms with E-state index in [1.807, 2.05) is 0 Å². The monoisotopic (exact) mass is 397 g/mol. The van der Waals surface area contributed by atoms with Crippen molar-refractivity contribution in [1.82, 2.24) is 5.16 Å². The first-order valence-electron chi connectivity index (χ1n) is 9.54. The Kier molecular flexibility index (Phi) is 5.33. The van der Waals surface area contributed by atoms with E-state index in [-0.39, 0.29) is 36.0 Å². The van der Waals surface area contributed by atoms with E-state index in [0.29, 0.717) is 29.9 Å². The Morgan fingerprint density at radius 1 is 1.07 bits per heavy atom. The van der Waals surface area contributed by atoms with Gasteiger partial charge >= 0.3 is 6.36 Å². The minimum absolute atomic E-state index is 0.0138. The summed E-state index contributed by atoms with van der Waals surface area (Å²) in [6.45, 7) is 0.214. The maximum atomic E-state index is 12.8. The number of aromatic nitrogens is 1. The van der Waals surface area contributed by atoms with Crippen molar-refractivity contribution in [3.05, 3.63) is 35.6 Å². The number of rotatable bonds is 6. The van der Waals surface area contributed by atoms with Crippen LogP contribution < -0.4 is 4.74 Å². The lowest BCUT2D eigenvalue weighted by molar-refractivity contribution is -0.274. The van der Waals surface area contributed by atoms with Crippen molar-refractivity contribution in [1.29, 1.82) is 0 Å². The molecule has 2 aliphatic carbocycles. The summed E-state index contributed by atoms with van der Waals surface area (Å²) in [5, 5.41) is 13.7. The fourth-order valence-electron chi connectivity index (χ4n) is 3.63. The number of ether oxygens (including phenoxy) is 2. The lowest BCUT2D eigenvalue weighted by Crippen LogP contribution is -2.24. The molecule has 5 nitrogen and oxygen atoms in total. The van der Waals surface area contributed by atoms with Gasteiger partial charge in [-0.2, -0.15) is 0 Å². The molecule has 0 bridgehead atoms. The largest absolute Gasteiger partial charge is 0.573 e. The molecule has 0 amide bonds. The summed E-state index contributed by atoms with van der Waals surface area (Å²) >= 11 is 0. The van der Waals surface area contributed by atoms with Gasteiger partial charge in [0.2, 0.25) is 0 Å². The van der Waals surface area contributed by atoms with Gasteiger partial charge in [-0.3, -0.25) is 0 Å². The highest BCUT2D eigenvalue weighted by molar-refractivity contribution is 5.70. The zero-order valence-corrected chi connectivity index (χ0v) is 15.2. The SMILES string of the molecule is O[C@H]1CC[C@@H](OCc2c(-c3ccccc3OC(F)(F)F)noc2C2CC2)CC1. The van der Waals surface area contributed by atoms with E-state index in [9.17, 15) is 18.3 Å². The van der Waals surface area contributed by atoms with E-state index in [4.69, 9.17) is 9.26 Å². The van der Waals surface area contributed by atoms with Gasteiger partial charge in [-0.25, -0.2) is 0 Å². The minimum Gasteiger partial charge on any atom is -0.405 e. The van der Waals surface area contributed by atoms with Crippen LogP contribution in [-0.4, -0.2) is 28.8 Å². The molecule has 2 aromatic rings. The second-order valence-corrected chi connectivity index (χ2v) is 7.43. The molecule has 1 aromatic carbocycles. The van der Waals surface area contributed by atoms with Crippen LogP contribution in [-0.2, 0) is 11.3 Å². The van der Waals surface area contributed by atoms with Crippen LogP contribution in [0.15, 0.2) is 28.8 Å². The summed E-state index contributed by atoms with van der Waals surface area (Å²) in [4.78, 5) is 0. The number of halogens is 3. The molecule has 152 valence electrons. The molecule has 0 saturated heterocycles. The van der Waals surface area contributed by atoms with Gasteiger partial charge in [0.05, 0.1) is 18.8 Å². The summed E-state index contributed by atoms with van der Waals surface area (Å²) in [5.74, 6) is 0.615. The van der Waals surface area contributed by atoms with Crippen molar-refractivity contribution in [2.75, 3.05) is 0 Å². The van der Waals surface area contributed by atoms with Gasteiger partial charge in [-0.05, 0) is 50.7 Å². The Morgan fingerprint density at radius 2 is 1.79 bits per heavy atom. The Morgan fingerprint density at radius 3 is 2.46 bits per heavy atom. The first-order chi connectivity index (χ1) is 13.4. The van der Waals surface area contributed by atoms with Gasteiger partial charge in [0.15, 0.2) is 0 Å². The van der Waals surface area contributed by atoms with Crippen LogP contribution in [0.2, 0.25) is 0 Å². The lowest BCUT2D eigenvalue weighted by atomic mass is 9.95. The van der Waals surface area contributed by atoms with Crippen LogP contribution in [0.4, 0.5) is 13.2 Å². The summed E-state index contributed by atoms with van der Waals surface area (Å²) < 4.78 is 54.1. The molecule has 2 saturated carbocycles. The molecule has 0 atom stereocenters. The number of nitrogens with zero attached hydrogens (tertiary/aromatic N) is 1. The van der Waals surface area contributed by atoms with E-state index < -0.39 is 6.36 Å². The molecule has 0 aliphatic heterocycles. The lowest BCUT2D eigenvalue weighted by Gasteiger charge is -2.25. The highest BCUT2D eigenvalue weighted by Gasteiger charge is 2.36. The van der Waals surface area contributed by atoms with Crippen molar-refractivity contribution in [3.63, 3.8) is 0 Å². The van der Waals surface area contributed by atoms with Crippen LogP contribution in [0.3, 0.4) is 0 Å². The zero-order valence-electron chi connectivity index (χ0n) is 15.2. The predicted molar refractivity (Wildman–Crippen MR) is 93.6 cm³/mol. The van der Waals surface area contributed by atoms with Crippen molar-refractivity contribution < 1.29 is 32.3 Å². The number of hydrogen-bond donors (Lipinski definition) is 1. The molecule has 4 rings (SSSR count). The Balaban J connectivity index is 1.60. The van der Waals surface area contributed by atoms with Crippen LogP contribution >= 0.6 is 0 Å². The van der Waals surface area contributed by atoms with Gasteiger partial charge in [0.1, 0.15) is 17.2 Å². The molecule has 1 N–H and O–H groups in total. The first-order valence-corrected chi connectivity index (χ1v) is 9.54. The Hall–Kier alpha value is -2.06. The molecule has 0 radical (unpaired) electrons. The molecule has 28 heavy (non-hydrogen) atoms. The number of benzene rings is 1. The zero-order chi connectivity index (χ0) is 19.7. The second kappa shape index (κ2) is 7.75. The number of alkyl halides is 3. The van der Waals surface area contributed by atoms with Gasteiger partial charge in [0, 0.05) is 17.0 Å². The maximum Gasteiger partial charge on any atom is 0.573 e. The number of aliphatic hydroxyl groups is 1. The number of para-hydroxylation sites is 1. The fourth-order valence-corrected chi connectivity index (χ4v) is 3.63. The fraction of sp³-hybridized carbons (Fsp3) is 0.550. The molecular formula is C20H22F3NO4. The van der Waals surface area contributed by atoms with E-state index in [1.165, 1.54) is 18.2 Å². The first kappa shape index (κ1) is 19.3. The summed E-state index contributed by atoms with van der Waals surface area (Å²) in [6.07, 6.45) is -0.214. The topological polar surface area (TPSA) is 64.7 Å². The third kappa shape index (κ3) is 4.50. The molecule has 8 heteroatoms. The molecule has 1 aromatic heterocycles. The van der Waals surface area contributed by atoms with Crippen molar-refractivity contribution in [2.24, 2.45) is 0 Å². The van der Waals surface area contributed by atoms with Gasteiger partial charge in [-0.15, -0.1) is 13.2 Å². The predicted octanol–water partition coefficient (Wildman–Crippen LogP) is 4.94. The molecule has 2 aliphatic rings. The molecule has 2 fully saturated rings. The Labute approximate surface area is 160 Å². The molecule has 1 heterocycles. The van der Waals surface area contributed by atoms with Gasteiger partial charge < -0.3 is 19.1 Å². The summed E-state index contributed by atoms with van der Waals surface area (Å²) in [6, 6.07) is 5.92. The van der Waals surface area contributed by atoms with Crippen LogP contribution in [0.25, 0.3) is 11.3 Å². The number of aliphatic hydroxyl groups excluding tert-OH is 1. The van der Waals surface area contributed by atoms with Crippen LogP contribution in [0.5, 0.6) is 5.75 Å². The number of hydrogen-bond acceptors (Lipinski definition) is 5. The maximum absolute atomic E-state index is 12.8.